The summed E-state index contributed by atoms with van der Waals surface area (Å²) in [5.41, 5.74) is 0. The molecule has 1 atom stereocenters. The lowest BCUT2D eigenvalue weighted by Gasteiger charge is -2.23. The fourth-order valence-corrected chi connectivity index (χ4v) is 2.20. The summed E-state index contributed by atoms with van der Waals surface area (Å²) in [6, 6.07) is 1.83. The van der Waals surface area contributed by atoms with Crippen molar-refractivity contribution >= 4 is 5.91 Å². The highest BCUT2D eigenvalue weighted by molar-refractivity contribution is 5.91. The van der Waals surface area contributed by atoms with Crippen molar-refractivity contribution in [1.82, 2.24) is 10.1 Å². The van der Waals surface area contributed by atoms with Crippen LogP contribution in [0, 0.1) is 0 Å². The van der Waals surface area contributed by atoms with Crippen LogP contribution in [0.3, 0.4) is 0 Å². The maximum absolute atomic E-state index is 12.0. The summed E-state index contributed by atoms with van der Waals surface area (Å²) in [6.07, 6.45) is 5.11. The summed E-state index contributed by atoms with van der Waals surface area (Å²) in [7, 11) is 0. The standard InChI is InChI=1S/C11H16N2O3/c14-8-2-4-9-3-1-7-13(9)11(15)10-5-6-12-16-10/h5-6,9,14H,1-4,7-8H2. The molecule has 5 nitrogen and oxygen atoms in total. The van der Waals surface area contributed by atoms with Gasteiger partial charge in [-0.25, -0.2) is 0 Å². The van der Waals surface area contributed by atoms with Gasteiger partial charge in [0.1, 0.15) is 0 Å². The summed E-state index contributed by atoms with van der Waals surface area (Å²) in [5.74, 6) is 0.217. The third kappa shape index (κ3) is 2.24. The Kier molecular flexibility index (Phi) is 3.56. The first-order valence-electron chi connectivity index (χ1n) is 5.65. The number of likely N-dealkylation sites (tertiary alicyclic amines) is 1. The van der Waals surface area contributed by atoms with Crippen LogP contribution >= 0.6 is 0 Å². The van der Waals surface area contributed by atoms with E-state index in [1.165, 1.54) is 6.20 Å². The molecule has 0 bridgehead atoms. The smallest absolute Gasteiger partial charge is 0.292 e. The van der Waals surface area contributed by atoms with Gasteiger partial charge in [-0.1, -0.05) is 5.16 Å². The molecule has 2 rings (SSSR count). The third-order valence-electron chi connectivity index (χ3n) is 2.98. The molecule has 1 unspecified atom stereocenters. The third-order valence-corrected chi connectivity index (χ3v) is 2.98. The van der Waals surface area contributed by atoms with Crippen LogP contribution in [-0.4, -0.2) is 40.3 Å². The first-order valence-corrected chi connectivity index (χ1v) is 5.65. The van der Waals surface area contributed by atoms with Gasteiger partial charge in [-0.2, -0.15) is 0 Å². The summed E-state index contributed by atoms with van der Waals surface area (Å²) < 4.78 is 4.87. The lowest BCUT2D eigenvalue weighted by atomic mass is 10.1. The number of aromatic nitrogens is 1. The molecule has 0 aromatic carbocycles. The van der Waals surface area contributed by atoms with Crippen LogP contribution in [0.5, 0.6) is 0 Å². The summed E-state index contributed by atoms with van der Waals surface area (Å²) in [5, 5.41) is 12.3. The molecule has 0 radical (unpaired) electrons. The number of rotatable bonds is 4. The minimum absolute atomic E-state index is 0.0852. The fourth-order valence-electron chi connectivity index (χ4n) is 2.20. The van der Waals surface area contributed by atoms with Gasteiger partial charge in [-0.15, -0.1) is 0 Å². The van der Waals surface area contributed by atoms with Crippen molar-refractivity contribution in [2.45, 2.75) is 31.7 Å². The second-order valence-corrected chi connectivity index (χ2v) is 4.04. The normalized spacial score (nSPS) is 20.3. The first kappa shape index (κ1) is 11.1. The molecule has 2 heterocycles. The molecular weight excluding hydrogens is 208 g/mol. The van der Waals surface area contributed by atoms with E-state index in [0.717, 1.165) is 32.2 Å². The topological polar surface area (TPSA) is 66.6 Å². The molecule has 1 aromatic heterocycles. The van der Waals surface area contributed by atoms with E-state index in [4.69, 9.17) is 9.63 Å². The lowest BCUT2D eigenvalue weighted by molar-refractivity contribution is 0.0682. The van der Waals surface area contributed by atoms with Gasteiger partial charge in [-0.05, 0) is 25.7 Å². The van der Waals surface area contributed by atoms with Gasteiger partial charge < -0.3 is 14.5 Å². The molecule has 1 saturated heterocycles. The maximum Gasteiger partial charge on any atom is 0.292 e. The van der Waals surface area contributed by atoms with E-state index < -0.39 is 0 Å². The quantitative estimate of drug-likeness (QED) is 0.830. The van der Waals surface area contributed by atoms with Crippen molar-refractivity contribution in [1.29, 1.82) is 0 Å². The fraction of sp³-hybridized carbons (Fsp3) is 0.636. The molecule has 1 N–H and O–H groups in total. The van der Waals surface area contributed by atoms with Crippen LogP contribution < -0.4 is 0 Å². The average molecular weight is 224 g/mol. The zero-order chi connectivity index (χ0) is 11.4. The van der Waals surface area contributed by atoms with Gasteiger partial charge >= 0.3 is 0 Å². The van der Waals surface area contributed by atoms with Crippen molar-refractivity contribution in [2.24, 2.45) is 0 Å². The van der Waals surface area contributed by atoms with Gasteiger partial charge in [0.2, 0.25) is 5.76 Å². The van der Waals surface area contributed by atoms with Crippen LogP contribution in [-0.2, 0) is 0 Å². The number of amides is 1. The lowest BCUT2D eigenvalue weighted by Crippen LogP contribution is -2.35. The minimum Gasteiger partial charge on any atom is -0.396 e. The zero-order valence-electron chi connectivity index (χ0n) is 9.13. The van der Waals surface area contributed by atoms with Crippen LogP contribution in [0.4, 0.5) is 0 Å². The molecule has 1 fully saturated rings. The number of carbonyl (C=O) groups excluding carboxylic acids is 1. The van der Waals surface area contributed by atoms with Crippen LogP contribution in [0.1, 0.15) is 36.2 Å². The van der Waals surface area contributed by atoms with E-state index in [9.17, 15) is 4.79 Å². The van der Waals surface area contributed by atoms with E-state index in [-0.39, 0.29) is 18.6 Å². The predicted octanol–water partition coefficient (Wildman–Crippen LogP) is 1.05. The van der Waals surface area contributed by atoms with Crippen molar-refractivity contribution in [3.05, 3.63) is 18.0 Å². The molecule has 1 aliphatic rings. The molecule has 0 aliphatic carbocycles. The van der Waals surface area contributed by atoms with Gasteiger partial charge in [-0.3, -0.25) is 4.79 Å². The predicted molar refractivity (Wildman–Crippen MR) is 56.9 cm³/mol. The molecule has 1 aliphatic heterocycles. The highest BCUT2D eigenvalue weighted by Crippen LogP contribution is 2.23. The van der Waals surface area contributed by atoms with Gasteiger partial charge in [0.05, 0.1) is 6.20 Å². The molecule has 5 heteroatoms. The Labute approximate surface area is 94.0 Å². The molecule has 1 amide bonds. The first-order chi connectivity index (χ1) is 7.83. The molecular formula is C11H16N2O3. The van der Waals surface area contributed by atoms with Crippen LogP contribution in [0.2, 0.25) is 0 Å². The Balaban J connectivity index is 1.99. The van der Waals surface area contributed by atoms with E-state index in [1.807, 2.05) is 4.90 Å². The largest absolute Gasteiger partial charge is 0.396 e. The summed E-state index contributed by atoms with van der Waals surface area (Å²) in [4.78, 5) is 13.8. The van der Waals surface area contributed by atoms with E-state index in [0.29, 0.717) is 5.76 Å². The van der Waals surface area contributed by atoms with Crippen molar-refractivity contribution < 1.29 is 14.4 Å². The van der Waals surface area contributed by atoms with E-state index in [2.05, 4.69) is 5.16 Å². The Morgan fingerprint density at radius 2 is 2.56 bits per heavy atom. The Hall–Kier alpha value is -1.36. The summed E-state index contributed by atoms with van der Waals surface area (Å²) >= 11 is 0. The van der Waals surface area contributed by atoms with Crippen LogP contribution in [0.15, 0.2) is 16.8 Å². The van der Waals surface area contributed by atoms with E-state index >= 15 is 0 Å². The number of hydrogen-bond acceptors (Lipinski definition) is 4. The number of carbonyl (C=O) groups is 1. The highest BCUT2D eigenvalue weighted by Gasteiger charge is 2.30. The Bertz CT molecular complexity index is 337. The molecule has 0 saturated carbocycles. The van der Waals surface area contributed by atoms with Crippen molar-refractivity contribution in [3.63, 3.8) is 0 Å². The molecule has 88 valence electrons. The number of nitrogens with zero attached hydrogens (tertiary/aromatic N) is 2. The Morgan fingerprint density at radius 3 is 3.25 bits per heavy atom. The number of aliphatic hydroxyl groups excluding tert-OH is 1. The van der Waals surface area contributed by atoms with Gasteiger partial charge in [0.25, 0.3) is 5.91 Å². The molecule has 16 heavy (non-hydrogen) atoms. The zero-order valence-corrected chi connectivity index (χ0v) is 9.13. The monoisotopic (exact) mass is 224 g/mol. The number of aliphatic hydroxyl groups is 1. The highest BCUT2D eigenvalue weighted by atomic mass is 16.5. The average Bonchev–Trinajstić information content (AvgIpc) is 2.96. The SMILES string of the molecule is O=C(c1ccno1)N1CCCC1CCCO. The second-order valence-electron chi connectivity index (χ2n) is 4.04. The van der Waals surface area contributed by atoms with Gasteiger partial charge in [0, 0.05) is 25.3 Å². The van der Waals surface area contributed by atoms with E-state index in [1.54, 1.807) is 6.07 Å². The molecule has 0 spiro atoms. The number of hydrogen-bond donors (Lipinski definition) is 1. The summed E-state index contributed by atoms with van der Waals surface area (Å²) in [6.45, 7) is 0.955. The Morgan fingerprint density at radius 1 is 1.69 bits per heavy atom. The van der Waals surface area contributed by atoms with Crippen LogP contribution in [0.25, 0.3) is 0 Å². The second kappa shape index (κ2) is 5.12. The van der Waals surface area contributed by atoms with Gasteiger partial charge in [0.15, 0.2) is 0 Å². The maximum atomic E-state index is 12.0. The van der Waals surface area contributed by atoms with Crippen molar-refractivity contribution in [2.75, 3.05) is 13.2 Å². The molecule has 1 aromatic rings. The minimum atomic E-state index is -0.0852. The van der Waals surface area contributed by atoms with Crippen molar-refractivity contribution in [3.8, 4) is 0 Å².